The molecule has 1 aromatic carbocycles. The van der Waals surface area contributed by atoms with E-state index in [0.29, 0.717) is 0 Å². The molecule has 1 saturated heterocycles. The zero-order chi connectivity index (χ0) is 11.4. The van der Waals surface area contributed by atoms with Crippen LogP contribution in [0.1, 0.15) is 18.6 Å². The van der Waals surface area contributed by atoms with Crippen molar-refractivity contribution in [3.63, 3.8) is 0 Å². The first-order valence-corrected chi connectivity index (χ1v) is 5.94. The third-order valence-electron chi connectivity index (χ3n) is 2.94. The van der Waals surface area contributed by atoms with Gasteiger partial charge in [-0.3, -0.25) is 0 Å². The van der Waals surface area contributed by atoms with Crippen LogP contribution in [-0.2, 0) is 4.74 Å². The van der Waals surface area contributed by atoms with Crippen LogP contribution in [0.15, 0.2) is 24.3 Å². The molecule has 1 unspecified atom stereocenters. The van der Waals surface area contributed by atoms with Gasteiger partial charge in [0.15, 0.2) is 0 Å². The van der Waals surface area contributed by atoms with Gasteiger partial charge in [0.25, 0.3) is 0 Å². The van der Waals surface area contributed by atoms with Crippen LogP contribution >= 0.6 is 12.4 Å². The number of nitrogens with one attached hydrogen (secondary N) is 1. The van der Waals surface area contributed by atoms with Gasteiger partial charge in [0.05, 0.1) is 12.7 Å². The van der Waals surface area contributed by atoms with E-state index in [4.69, 9.17) is 4.74 Å². The van der Waals surface area contributed by atoms with Gasteiger partial charge in [-0.05, 0) is 20.0 Å². The fourth-order valence-corrected chi connectivity index (χ4v) is 2.10. The fraction of sp³-hybridized carbons (Fsp3) is 0.538. The highest BCUT2D eigenvalue weighted by atomic mass is 35.5. The molecule has 3 nitrogen and oxygen atoms in total. The van der Waals surface area contributed by atoms with Crippen LogP contribution in [-0.4, -0.2) is 38.2 Å². The number of likely N-dealkylation sites (N-methyl/N-ethyl adjacent to an activating group) is 1. The number of para-hydroxylation sites is 1. The third kappa shape index (κ3) is 3.60. The van der Waals surface area contributed by atoms with Crippen molar-refractivity contribution < 1.29 is 4.74 Å². The van der Waals surface area contributed by atoms with Crippen molar-refractivity contribution in [3.8, 4) is 0 Å². The molecule has 0 bridgehead atoms. The quantitative estimate of drug-likeness (QED) is 0.900. The maximum absolute atomic E-state index is 5.84. The average molecular weight is 257 g/mol. The molecule has 1 atom stereocenters. The molecule has 2 rings (SSSR count). The molecular weight excluding hydrogens is 236 g/mol. The molecule has 1 aromatic rings. The minimum atomic E-state index is 0. The molecule has 96 valence electrons. The summed E-state index contributed by atoms with van der Waals surface area (Å²) < 4.78 is 5.84. The summed E-state index contributed by atoms with van der Waals surface area (Å²) in [5.41, 5.74) is 2.47. The topological polar surface area (TPSA) is 24.5 Å². The molecule has 1 fully saturated rings. The first-order chi connectivity index (χ1) is 7.81. The van der Waals surface area contributed by atoms with Crippen molar-refractivity contribution in [2.75, 3.05) is 38.6 Å². The second kappa shape index (κ2) is 6.84. The molecule has 0 aliphatic carbocycles. The molecule has 1 aliphatic rings. The van der Waals surface area contributed by atoms with E-state index in [1.807, 2.05) is 0 Å². The Morgan fingerprint density at radius 3 is 2.88 bits per heavy atom. The molecule has 1 N–H and O–H groups in total. The summed E-state index contributed by atoms with van der Waals surface area (Å²) >= 11 is 0. The number of morpholine rings is 1. The fourth-order valence-electron chi connectivity index (χ4n) is 2.10. The van der Waals surface area contributed by atoms with Crippen LogP contribution in [0.5, 0.6) is 0 Å². The standard InChI is InChI=1S/C13H20N2O.ClH/c1-3-14-12-7-5-4-6-11(12)13-10-15(2)8-9-16-13;/h4-7,13-14H,3,8-10H2,1-2H3;1H. The number of hydrogen-bond acceptors (Lipinski definition) is 3. The van der Waals surface area contributed by atoms with Gasteiger partial charge in [-0.25, -0.2) is 0 Å². The van der Waals surface area contributed by atoms with Crippen molar-refractivity contribution in [1.29, 1.82) is 0 Å². The molecular formula is C13H21ClN2O. The van der Waals surface area contributed by atoms with Gasteiger partial charge >= 0.3 is 0 Å². The molecule has 0 radical (unpaired) electrons. The van der Waals surface area contributed by atoms with E-state index in [0.717, 1.165) is 26.2 Å². The number of halogens is 1. The summed E-state index contributed by atoms with van der Waals surface area (Å²) in [4.78, 5) is 2.32. The molecule has 0 amide bonds. The summed E-state index contributed by atoms with van der Waals surface area (Å²) in [6.07, 6.45) is 0.203. The summed E-state index contributed by atoms with van der Waals surface area (Å²) in [6.45, 7) is 5.88. The van der Waals surface area contributed by atoms with Crippen molar-refractivity contribution in [3.05, 3.63) is 29.8 Å². The second-order valence-electron chi connectivity index (χ2n) is 4.24. The number of rotatable bonds is 3. The van der Waals surface area contributed by atoms with E-state index in [9.17, 15) is 0 Å². The van der Waals surface area contributed by atoms with Gasteiger partial charge in [-0.2, -0.15) is 0 Å². The second-order valence-corrected chi connectivity index (χ2v) is 4.24. The number of anilines is 1. The zero-order valence-corrected chi connectivity index (χ0v) is 11.3. The van der Waals surface area contributed by atoms with Gasteiger partial charge in [0.1, 0.15) is 0 Å². The van der Waals surface area contributed by atoms with E-state index in [1.54, 1.807) is 0 Å². The SMILES string of the molecule is CCNc1ccccc1C1CN(C)CCO1.Cl. The Bertz CT molecular complexity index is 346. The van der Waals surface area contributed by atoms with Crippen LogP contribution < -0.4 is 5.32 Å². The Morgan fingerprint density at radius 1 is 1.41 bits per heavy atom. The zero-order valence-electron chi connectivity index (χ0n) is 10.5. The summed E-state index contributed by atoms with van der Waals surface area (Å²) in [5.74, 6) is 0. The smallest absolute Gasteiger partial charge is 0.0972 e. The van der Waals surface area contributed by atoms with Crippen molar-refractivity contribution >= 4 is 18.1 Å². The summed E-state index contributed by atoms with van der Waals surface area (Å²) in [7, 11) is 2.14. The summed E-state index contributed by atoms with van der Waals surface area (Å²) in [6, 6.07) is 8.42. The van der Waals surface area contributed by atoms with Gasteiger partial charge < -0.3 is 15.0 Å². The molecule has 0 spiro atoms. The van der Waals surface area contributed by atoms with Crippen molar-refractivity contribution in [2.24, 2.45) is 0 Å². The third-order valence-corrected chi connectivity index (χ3v) is 2.94. The highest BCUT2D eigenvalue weighted by Crippen LogP contribution is 2.27. The Kier molecular flexibility index (Phi) is 5.75. The van der Waals surface area contributed by atoms with Crippen LogP contribution in [0.4, 0.5) is 5.69 Å². The van der Waals surface area contributed by atoms with E-state index < -0.39 is 0 Å². The number of hydrogen-bond donors (Lipinski definition) is 1. The van der Waals surface area contributed by atoms with E-state index >= 15 is 0 Å². The van der Waals surface area contributed by atoms with Gasteiger partial charge in [0.2, 0.25) is 0 Å². The lowest BCUT2D eigenvalue weighted by atomic mass is 10.1. The Labute approximate surface area is 110 Å². The van der Waals surface area contributed by atoms with Crippen LogP contribution in [0, 0.1) is 0 Å². The molecule has 17 heavy (non-hydrogen) atoms. The number of nitrogens with zero attached hydrogens (tertiary/aromatic N) is 1. The minimum absolute atomic E-state index is 0. The number of benzene rings is 1. The van der Waals surface area contributed by atoms with E-state index in [1.165, 1.54) is 11.3 Å². The first-order valence-electron chi connectivity index (χ1n) is 5.94. The van der Waals surface area contributed by atoms with E-state index in [2.05, 4.69) is 48.5 Å². The summed E-state index contributed by atoms with van der Waals surface area (Å²) in [5, 5.41) is 3.39. The Morgan fingerprint density at radius 2 is 2.18 bits per heavy atom. The monoisotopic (exact) mass is 256 g/mol. The molecule has 0 aromatic heterocycles. The van der Waals surface area contributed by atoms with Gasteiger partial charge in [-0.15, -0.1) is 12.4 Å². The lowest BCUT2D eigenvalue weighted by Gasteiger charge is -2.31. The van der Waals surface area contributed by atoms with Crippen LogP contribution in [0.3, 0.4) is 0 Å². The van der Waals surface area contributed by atoms with Gasteiger partial charge in [-0.1, -0.05) is 18.2 Å². The average Bonchev–Trinajstić information content (AvgIpc) is 2.30. The maximum atomic E-state index is 5.84. The Hall–Kier alpha value is -0.770. The molecule has 1 heterocycles. The molecule has 4 heteroatoms. The largest absolute Gasteiger partial charge is 0.385 e. The lowest BCUT2D eigenvalue weighted by molar-refractivity contribution is -0.0205. The van der Waals surface area contributed by atoms with Crippen LogP contribution in [0.25, 0.3) is 0 Å². The first kappa shape index (κ1) is 14.3. The Balaban J connectivity index is 0.00000144. The minimum Gasteiger partial charge on any atom is -0.385 e. The predicted octanol–water partition coefficient (Wildman–Crippen LogP) is 2.54. The maximum Gasteiger partial charge on any atom is 0.0972 e. The highest BCUT2D eigenvalue weighted by molar-refractivity contribution is 5.85. The molecule has 1 aliphatic heterocycles. The molecule has 0 saturated carbocycles. The lowest BCUT2D eigenvalue weighted by Crippen LogP contribution is -2.35. The van der Waals surface area contributed by atoms with Crippen molar-refractivity contribution in [2.45, 2.75) is 13.0 Å². The highest BCUT2D eigenvalue weighted by Gasteiger charge is 2.21. The number of ether oxygens (including phenoxy) is 1. The van der Waals surface area contributed by atoms with Gasteiger partial charge in [0, 0.05) is 30.9 Å². The normalized spacial score (nSPS) is 20.7. The van der Waals surface area contributed by atoms with E-state index in [-0.39, 0.29) is 18.5 Å². The predicted molar refractivity (Wildman–Crippen MR) is 74.0 cm³/mol. The van der Waals surface area contributed by atoms with Crippen LogP contribution in [0.2, 0.25) is 0 Å². The van der Waals surface area contributed by atoms with Crippen molar-refractivity contribution in [1.82, 2.24) is 4.90 Å².